The van der Waals surface area contributed by atoms with Crippen molar-refractivity contribution in [1.82, 2.24) is 14.8 Å². The molecule has 1 aromatic heterocycles. The molecule has 14 heavy (non-hydrogen) atoms. The second kappa shape index (κ2) is 2.68. The zero-order valence-electron chi connectivity index (χ0n) is 7.05. The number of aromatic nitrogens is 3. The summed E-state index contributed by atoms with van der Waals surface area (Å²) in [5.41, 5.74) is 0. The minimum absolute atomic E-state index is 0.0906. The summed E-state index contributed by atoms with van der Waals surface area (Å²) in [6.07, 6.45) is -0.870. The van der Waals surface area contributed by atoms with Crippen molar-refractivity contribution in [2.24, 2.45) is 0 Å². The Labute approximate surface area is 76.7 Å². The molecule has 2 heterocycles. The van der Waals surface area contributed by atoms with Crippen LogP contribution in [0.1, 0.15) is 12.2 Å². The first-order valence-corrected chi connectivity index (χ1v) is 4.05. The van der Waals surface area contributed by atoms with E-state index in [-0.39, 0.29) is 12.4 Å². The van der Waals surface area contributed by atoms with E-state index in [9.17, 15) is 17.6 Å². The Morgan fingerprint density at radius 1 is 1.21 bits per heavy atom. The molecule has 3 nitrogen and oxygen atoms in total. The van der Waals surface area contributed by atoms with Crippen LogP contribution in [0, 0.1) is 0 Å². The Morgan fingerprint density at radius 2 is 1.93 bits per heavy atom. The summed E-state index contributed by atoms with van der Waals surface area (Å²) in [5.74, 6) is -8.10. The zero-order valence-corrected chi connectivity index (χ0v) is 7.05. The van der Waals surface area contributed by atoms with E-state index in [0.29, 0.717) is 0 Å². The van der Waals surface area contributed by atoms with E-state index in [0.717, 1.165) is 11.0 Å². The van der Waals surface area contributed by atoms with Crippen LogP contribution < -0.4 is 0 Å². The van der Waals surface area contributed by atoms with Gasteiger partial charge in [-0.3, -0.25) is 0 Å². The number of aryl methyl sites for hydroxylation is 1. The smallest absolute Gasteiger partial charge is 0.250 e. The fraction of sp³-hybridized carbons (Fsp3) is 0.714. The summed E-state index contributed by atoms with van der Waals surface area (Å²) in [5, 5.41) is 3.59. The molecular weight excluding hydrogens is 202 g/mol. The van der Waals surface area contributed by atoms with E-state index >= 15 is 0 Å². The van der Waals surface area contributed by atoms with Gasteiger partial charge in [0.1, 0.15) is 12.2 Å². The predicted octanol–water partition coefficient (Wildman–Crippen LogP) is 1.49. The van der Waals surface area contributed by atoms with Crippen molar-refractivity contribution in [3.05, 3.63) is 12.2 Å². The third-order valence-corrected chi connectivity index (χ3v) is 2.25. The predicted molar refractivity (Wildman–Crippen MR) is 38.2 cm³/mol. The van der Waals surface area contributed by atoms with Gasteiger partial charge < -0.3 is 0 Å². The van der Waals surface area contributed by atoms with Crippen LogP contribution in [-0.2, 0) is 13.0 Å². The summed E-state index contributed by atoms with van der Waals surface area (Å²) in [7, 11) is 0. The van der Waals surface area contributed by atoms with Gasteiger partial charge in [0.25, 0.3) is 0 Å². The van der Waals surface area contributed by atoms with Gasteiger partial charge in [-0.25, -0.2) is 9.67 Å². The van der Waals surface area contributed by atoms with Gasteiger partial charge in [0, 0.05) is 13.0 Å². The Bertz CT molecular complexity index is 346. The number of halogens is 4. The van der Waals surface area contributed by atoms with Crippen molar-refractivity contribution in [3.8, 4) is 0 Å². The average Bonchev–Trinajstić information content (AvgIpc) is 2.44. The standard InChI is InChI=1S/C7H7F4N3/c8-6(9)1-2-14-5(12-4-13-14)3-7(6,10)11/h4H,1-3H2. The highest BCUT2D eigenvalue weighted by molar-refractivity contribution is 4.99. The summed E-state index contributed by atoms with van der Waals surface area (Å²) in [6, 6.07) is 0. The molecule has 1 aliphatic rings. The van der Waals surface area contributed by atoms with Crippen molar-refractivity contribution < 1.29 is 17.6 Å². The molecule has 0 unspecified atom stereocenters. The van der Waals surface area contributed by atoms with Crippen molar-refractivity contribution in [1.29, 1.82) is 0 Å². The Kier molecular flexibility index (Phi) is 1.80. The van der Waals surface area contributed by atoms with E-state index in [1.807, 2.05) is 0 Å². The fourth-order valence-corrected chi connectivity index (χ4v) is 1.37. The molecule has 0 bridgehead atoms. The van der Waals surface area contributed by atoms with Gasteiger partial charge in [-0.05, 0) is 0 Å². The number of hydrogen-bond donors (Lipinski definition) is 0. The largest absolute Gasteiger partial charge is 0.317 e. The molecule has 0 atom stereocenters. The first kappa shape index (κ1) is 9.42. The van der Waals surface area contributed by atoms with E-state index in [1.54, 1.807) is 0 Å². The molecule has 0 N–H and O–H groups in total. The first-order valence-electron chi connectivity index (χ1n) is 4.05. The van der Waals surface area contributed by atoms with Crippen LogP contribution >= 0.6 is 0 Å². The molecule has 2 rings (SSSR count). The number of alkyl halides is 4. The molecule has 0 aromatic carbocycles. The maximum atomic E-state index is 13.0. The summed E-state index contributed by atoms with van der Waals surface area (Å²) >= 11 is 0. The topological polar surface area (TPSA) is 30.7 Å². The highest BCUT2D eigenvalue weighted by Gasteiger charge is 2.57. The van der Waals surface area contributed by atoms with Gasteiger partial charge >= 0.3 is 11.8 Å². The van der Waals surface area contributed by atoms with Gasteiger partial charge in [-0.1, -0.05) is 0 Å². The van der Waals surface area contributed by atoms with Crippen molar-refractivity contribution >= 4 is 0 Å². The van der Waals surface area contributed by atoms with E-state index in [1.165, 1.54) is 0 Å². The number of fused-ring (bicyclic) bond motifs is 1. The lowest BCUT2D eigenvalue weighted by Crippen LogP contribution is -2.41. The third kappa shape index (κ3) is 1.27. The SMILES string of the molecule is FC1(F)CCn2ncnc2CC1(F)F. The van der Waals surface area contributed by atoms with Gasteiger partial charge in [-0.15, -0.1) is 0 Å². The Morgan fingerprint density at radius 3 is 2.64 bits per heavy atom. The Balaban J connectivity index is 2.38. The van der Waals surface area contributed by atoms with Crippen molar-refractivity contribution in [2.45, 2.75) is 31.2 Å². The molecule has 0 spiro atoms. The molecule has 0 saturated carbocycles. The molecule has 0 fully saturated rings. The molecule has 1 aliphatic heterocycles. The van der Waals surface area contributed by atoms with E-state index < -0.39 is 24.7 Å². The highest BCUT2D eigenvalue weighted by Crippen LogP contribution is 2.41. The quantitative estimate of drug-likeness (QED) is 0.606. The molecule has 0 saturated heterocycles. The first-order chi connectivity index (χ1) is 6.42. The zero-order chi connectivity index (χ0) is 10.4. The molecule has 0 radical (unpaired) electrons. The van der Waals surface area contributed by atoms with E-state index in [2.05, 4.69) is 10.1 Å². The second-order valence-corrected chi connectivity index (χ2v) is 3.24. The van der Waals surface area contributed by atoms with Crippen LogP contribution in [0.2, 0.25) is 0 Å². The number of nitrogens with zero attached hydrogens (tertiary/aromatic N) is 3. The molecule has 78 valence electrons. The highest BCUT2D eigenvalue weighted by atomic mass is 19.3. The van der Waals surface area contributed by atoms with Crippen molar-refractivity contribution in [3.63, 3.8) is 0 Å². The molecule has 7 heteroatoms. The maximum Gasteiger partial charge on any atom is 0.317 e. The summed E-state index contributed by atoms with van der Waals surface area (Å²) in [6.45, 7) is -0.224. The van der Waals surface area contributed by atoms with Gasteiger partial charge in [0.2, 0.25) is 0 Å². The summed E-state index contributed by atoms with van der Waals surface area (Å²) in [4.78, 5) is 3.52. The molecule has 0 aliphatic carbocycles. The van der Waals surface area contributed by atoms with E-state index in [4.69, 9.17) is 0 Å². The van der Waals surface area contributed by atoms with Crippen molar-refractivity contribution in [2.75, 3.05) is 0 Å². The minimum Gasteiger partial charge on any atom is -0.250 e. The number of hydrogen-bond acceptors (Lipinski definition) is 2. The molecular formula is C7H7F4N3. The monoisotopic (exact) mass is 209 g/mol. The minimum atomic E-state index is -4.03. The average molecular weight is 209 g/mol. The fourth-order valence-electron chi connectivity index (χ4n) is 1.37. The van der Waals surface area contributed by atoms with Crippen LogP contribution in [0.4, 0.5) is 17.6 Å². The van der Waals surface area contributed by atoms with Gasteiger partial charge in [0.05, 0.1) is 6.42 Å². The second-order valence-electron chi connectivity index (χ2n) is 3.24. The van der Waals surface area contributed by atoms with Crippen LogP contribution in [0.15, 0.2) is 6.33 Å². The maximum absolute atomic E-state index is 13.0. The lowest BCUT2D eigenvalue weighted by Gasteiger charge is -2.22. The molecule has 1 aromatic rings. The normalized spacial score (nSPS) is 24.0. The number of rotatable bonds is 0. The van der Waals surface area contributed by atoms with Crippen LogP contribution in [0.5, 0.6) is 0 Å². The van der Waals surface area contributed by atoms with Gasteiger partial charge in [-0.2, -0.15) is 22.7 Å². The van der Waals surface area contributed by atoms with Gasteiger partial charge in [0.15, 0.2) is 0 Å². The van der Waals surface area contributed by atoms with Crippen LogP contribution in [0.25, 0.3) is 0 Å². The lowest BCUT2D eigenvalue weighted by atomic mass is 10.1. The third-order valence-electron chi connectivity index (χ3n) is 2.25. The Hall–Kier alpha value is -1.14. The summed E-state index contributed by atoms with van der Waals surface area (Å²) < 4.78 is 52.8. The lowest BCUT2D eigenvalue weighted by molar-refractivity contribution is -0.209. The van der Waals surface area contributed by atoms with Crippen LogP contribution in [-0.4, -0.2) is 26.6 Å². The molecule has 0 amide bonds. The van der Waals surface area contributed by atoms with Crippen LogP contribution in [0.3, 0.4) is 0 Å².